The molecule has 0 spiro atoms. The minimum Gasteiger partial charge on any atom is -0.305 e. The molecule has 16 heavy (non-hydrogen) atoms. The molecule has 8 heteroatoms. The summed E-state index contributed by atoms with van der Waals surface area (Å²) in [6.45, 7) is 0. The van der Waals surface area contributed by atoms with Gasteiger partial charge in [0.05, 0.1) is 5.52 Å². The predicted molar refractivity (Wildman–Crippen MR) is 48.0 cm³/mol. The SMILES string of the molecule is O=c1[nH]c(=O)c2nc(C(F)(F)F)ccc2[nH]1. The number of fused-ring (bicyclic) bond motifs is 1. The van der Waals surface area contributed by atoms with Crippen molar-refractivity contribution in [3.05, 3.63) is 38.7 Å². The van der Waals surface area contributed by atoms with E-state index in [0.717, 1.165) is 6.07 Å². The molecule has 0 fully saturated rings. The van der Waals surface area contributed by atoms with Gasteiger partial charge in [-0.05, 0) is 12.1 Å². The Morgan fingerprint density at radius 1 is 1.12 bits per heavy atom. The summed E-state index contributed by atoms with van der Waals surface area (Å²) in [4.78, 5) is 29.1. The van der Waals surface area contributed by atoms with E-state index >= 15 is 0 Å². The number of hydrogen-bond acceptors (Lipinski definition) is 3. The maximum absolute atomic E-state index is 12.3. The monoisotopic (exact) mass is 231 g/mol. The third kappa shape index (κ3) is 1.69. The molecule has 0 amide bonds. The van der Waals surface area contributed by atoms with Crippen LogP contribution in [0.1, 0.15) is 5.69 Å². The van der Waals surface area contributed by atoms with Gasteiger partial charge in [-0.3, -0.25) is 9.78 Å². The van der Waals surface area contributed by atoms with Crippen molar-refractivity contribution in [3.8, 4) is 0 Å². The van der Waals surface area contributed by atoms with Gasteiger partial charge < -0.3 is 4.98 Å². The fourth-order valence-corrected chi connectivity index (χ4v) is 1.21. The number of H-pyrrole nitrogens is 2. The number of pyridine rings is 1. The van der Waals surface area contributed by atoms with E-state index in [-0.39, 0.29) is 5.52 Å². The second-order valence-corrected chi connectivity index (χ2v) is 3.00. The first-order valence-electron chi connectivity index (χ1n) is 4.08. The number of hydrogen-bond donors (Lipinski definition) is 2. The number of aromatic nitrogens is 3. The predicted octanol–water partition coefficient (Wildman–Crippen LogP) is 0.630. The van der Waals surface area contributed by atoms with Crippen molar-refractivity contribution < 1.29 is 13.2 Å². The first kappa shape index (κ1) is 10.4. The van der Waals surface area contributed by atoms with Crippen molar-refractivity contribution in [2.75, 3.05) is 0 Å². The Morgan fingerprint density at radius 2 is 1.81 bits per heavy atom. The van der Waals surface area contributed by atoms with Crippen LogP contribution in [0.15, 0.2) is 21.7 Å². The van der Waals surface area contributed by atoms with E-state index in [4.69, 9.17) is 0 Å². The molecule has 0 unspecified atom stereocenters. The van der Waals surface area contributed by atoms with Gasteiger partial charge >= 0.3 is 11.9 Å². The van der Waals surface area contributed by atoms with Gasteiger partial charge in [0.2, 0.25) is 0 Å². The van der Waals surface area contributed by atoms with E-state index < -0.39 is 28.6 Å². The van der Waals surface area contributed by atoms with Crippen LogP contribution in [0.25, 0.3) is 11.0 Å². The second kappa shape index (κ2) is 3.19. The number of nitrogens with one attached hydrogen (secondary N) is 2. The minimum atomic E-state index is -4.63. The molecule has 0 radical (unpaired) electrons. The van der Waals surface area contributed by atoms with Gasteiger partial charge in [0.1, 0.15) is 5.69 Å². The topological polar surface area (TPSA) is 78.6 Å². The zero-order valence-electron chi connectivity index (χ0n) is 7.55. The molecule has 2 aromatic heterocycles. The molecule has 2 N–H and O–H groups in total. The summed E-state index contributed by atoms with van der Waals surface area (Å²) in [5, 5.41) is 0. The van der Waals surface area contributed by atoms with Crippen LogP contribution in [0.3, 0.4) is 0 Å². The zero-order chi connectivity index (χ0) is 11.9. The molecule has 0 aromatic carbocycles. The number of alkyl halides is 3. The fourth-order valence-electron chi connectivity index (χ4n) is 1.21. The van der Waals surface area contributed by atoms with Crippen LogP contribution in [0.2, 0.25) is 0 Å². The van der Waals surface area contributed by atoms with E-state index in [1.165, 1.54) is 0 Å². The average Bonchev–Trinajstić information content (AvgIpc) is 2.15. The summed E-state index contributed by atoms with van der Waals surface area (Å²) in [6, 6.07) is 1.68. The third-order valence-electron chi connectivity index (χ3n) is 1.88. The summed E-state index contributed by atoms with van der Waals surface area (Å²) in [7, 11) is 0. The van der Waals surface area contributed by atoms with Crippen LogP contribution in [-0.2, 0) is 6.18 Å². The van der Waals surface area contributed by atoms with Crippen molar-refractivity contribution in [2.45, 2.75) is 6.18 Å². The number of aromatic amines is 2. The Balaban J connectivity index is 2.82. The van der Waals surface area contributed by atoms with Crippen LogP contribution in [0, 0.1) is 0 Å². The van der Waals surface area contributed by atoms with Crippen LogP contribution >= 0.6 is 0 Å². The lowest BCUT2D eigenvalue weighted by molar-refractivity contribution is -0.140. The minimum absolute atomic E-state index is 0.0400. The molecule has 2 rings (SSSR count). The third-order valence-corrected chi connectivity index (χ3v) is 1.88. The van der Waals surface area contributed by atoms with Crippen molar-refractivity contribution in [1.82, 2.24) is 15.0 Å². The molecule has 0 aliphatic rings. The average molecular weight is 231 g/mol. The highest BCUT2D eigenvalue weighted by atomic mass is 19.4. The number of nitrogens with zero attached hydrogens (tertiary/aromatic N) is 1. The number of rotatable bonds is 0. The molecule has 2 aromatic rings. The van der Waals surface area contributed by atoms with Gasteiger partial charge in [0.15, 0.2) is 5.52 Å². The largest absolute Gasteiger partial charge is 0.433 e. The van der Waals surface area contributed by atoms with Gasteiger partial charge in [0, 0.05) is 0 Å². The Kier molecular flexibility index (Phi) is 2.07. The van der Waals surface area contributed by atoms with Crippen molar-refractivity contribution >= 4 is 11.0 Å². The lowest BCUT2D eigenvalue weighted by Gasteiger charge is -2.05. The van der Waals surface area contributed by atoms with Gasteiger partial charge in [-0.25, -0.2) is 9.78 Å². The quantitative estimate of drug-likeness (QED) is 0.697. The highest BCUT2D eigenvalue weighted by Crippen LogP contribution is 2.27. The zero-order valence-corrected chi connectivity index (χ0v) is 7.55. The van der Waals surface area contributed by atoms with Crippen molar-refractivity contribution in [3.63, 3.8) is 0 Å². The summed E-state index contributed by atoms with van der Waals surface area (Å²) in [5.74, 6) is 0. The fraction of sp³-hybridized carbons (Fsp3) is 0.125. The van der Waals surface area contributed by atoms with Crippen molar-refractivity contribution in [1.29, 1.82) is 0 Å². The maximum atomic E-state index is 12.3. The summed E-state index contributed by atoms with van der Waals surface area (Å²) in [5.41, 5.74) is -3.42. The maximum Gasteiger partial charge on any atom is 0.433 e. The van der Waals surface area contributed by atoms with Gasteiger partial charge in [-0.1, -0.05) is 0 Å². The summed E-state index contributed by atoms with van der Waals surface area (Å²) < 4.78 is 36.8. The Hall–Kier alpha value is -2.12. The lowest BCUT2D eigenvalue weighted by atomic mass is 10.3. The van der Waals surface area contributed by atoms with Crippen LogP contribution in [-0.4, -0.2) is 15.0 Å². The Morgan fingerprint density at radius 3 is 2.44 bits per heavy atom. The highest BCUT2D eigenvalue weighted by molar-refractivity contribution is 5.72. The molecule has 2 heterocycles. The van der Waals surface area contributed by atoms with E-state index in [1.807, 2.05) is 0 Å². The second-order valence-electron chi connectivity index (χ2n) is 3.00. The molecule has 0 bridgehead atoms. The lowest BCUT2D eigenvalue weighted by Crippen LogP contribution is -2.23. The first-order valence-corrected chi connectivity index (χ1v) is 4.08. The van der Waals surface area contributed by atoms with E-state index in [1.54, 1.807) is 4.98 Å². The molecule has 0 aliphatic heterocycles. The molecule has 0 atom stereocenters. The molecular formula is C8H4F3N3O2. The standard InChI is InChI=1S/C8H4F3N3O2/c9-8(10,11)4-2-1-3-5(13-4)6(15)14-7(16)12-3/h1-2H,(H2,12,14,15,16). The van der Waals surface area contributed by atoms with Gasteiger partial charge in [0.25, 0.3) is 5.56 Å². The summed E-state index contributed by atoms with van der Waals surface area (Å²) in [6.07, 6.45) is -4.63. The van der Waals surface area contributed by atoms with Crippen LogP contribution < -0.4 is 11.2 Å². The molecular weight excluding hydrogens is 227 g/mol. The first-order chi connectivity index (χ1) is 7.38. The van der Waals surface area contributed by atoms with E-state index in [2.05, 4.69) is 9.97 Å². The van der Waals surface area contributed by atoms with Crippen LogP contribution in [0.4, 0.5) is 13.2 Å². The van der Waals surface area contributed by atoms with Crippen molar-refractivity contribution in [2.24, 2.45) is 0 Å². The van der Waals surface area contributed by atoms with Crippen LogP contribution in [0.5, 0.6) is 0 Å². The summed E-state index contributed by atoms with van der Waals surface area (Å²) >= 11 is 0. The Labute approximate surface area is 85.0 Å². The Bertz CT molecular complexity index is 656. The molecule has 0 aliphatic carbocycles. The van der Waals surface area contributed by atoms with Gasteiger partial charge in [-0.2, -0.15) is 13.2 Å². The highest BCUT2D eigenvalue weighted by Gasteiger charge is 2.32. The van der Waals surface area contributed by atoms with E-state index in [0.29, 0.717) is 6.07 Å². The number of halogens is 3. The normalized spacial score (nSPS) is 11.9. The smallest absolute Gasteiger partial charge is 0.305 e. The van der Waals surface area contributed by atoms with Gasteiger partial charge in [-0.15, -0.1) is 0 Å². The molecule has 84 valence electrons. The molecule has 0 saturated carbocycles. The molecule has 0 saturated heterocycles. The molecule has 5 nitrogen and oxygen atoms in total. The van der Waals surface area contributed by atoms with E-state index in [9.17, 15) is 22.8 Å².